The van der Waals surface area contributed by atoms with Gasteiger partial charge >= 0.3 is 5.97 Å². The van der Waals surface area contributed by atoms with Crippen molar-refractivity contribution in [3.8, 4) is 0 Å². The van der Waals surface area contributed by atoms with Gasteiger partial charge in [-0.1, -0.05) is 6.58 Å². The van der Waals surface area contributed by atoms with E-state index in [4.69, 9.17) is 4.55 Å². The van der Waals surface area contributed by atoms with Crippen LogP contribution >= 0.6 is 0 Å². The second-order valence-corrected chi connectivity index (χ2v) is 3.35. The highest BCUT2D eigenvalue weighted by Gasteiger charge is 2.02. The van der Waals surface area contributed by atoms with Crippen LogP contribution in [0.15, 0.2) is 12.2 Å². The number of ether oxygens (including phenoxy) is 1. The monoisotopic (exact) mass is 192 g/mol. The molecule has 0 aromatic rings. The van der Waals surface area contributed by atoms with Gasteiger partial charge in [-0.2, -0.15) is 0 Å². The van der Waals surface area contributed by atoms with Crippen molar-refractivity contribution >= 4 is 17.0 Å². The molecule has 0 saturated heterocycles. The van der Waals surface area contributed by atoms with Gasteiger partial charge in [0.05, 0.1) is 12.4 Å². The average Bonchev–Trinajstić information content (AvgIpc) is 1.97. The molecule has 1 atom stereocenters. The van der Waals surface area contributed by atoms with Gasteiger partial charge in [-0.3, -0.25) is 0 Å². The van der Waals surface area contributed by atoms with Crippen molar-refractivity contribution in [2.75, 3.05) is 12.4 Å². The van der Waals surface area contributed by atoms with Crippen LogP contribution in [0.2, 0.25) is 0 Å². The van der Waals surface area contributed by atoms with E-state index in [-0.39, 0.29) is 12.4 Å². The molecule has 0 aliphatic carbocycles. The summed E-state index contributed by atoms with van der Waals surface area (Å²) in [4.78, 5) is 10.7. The second-order valence-electron chi connectivity index (χ2n) is 2.30. The van der Waals surface area contributed by atoms with Gasteiger partial charge in [0.2, 0.25) is 0 Å². The molecule has 0 rings (SSSR count). The van der Waals surface area contributed by atoms with Gasteiger partial charge in [-0.25, -0.2) is 9.00 Å². The average molecular weight is 192 g/mol. The molecule has 0 aliphatic heterocycles. The molecule has 0 heterocycles. The van der Waals surface area contributed by atoms with Crippen LogP contribution in [-0.4, -0.2) is 27.1 Å². The summed E-state index contributed by atoms with van der Waals surface area (Å²) in [5, 5.41) is 0. The number of carbonyl (C=O) groups is 1. The summed E-state index contributed by atoms with van der Waals surface area (Å²) >= 11 is -1.80. The molecule has 12 heavy (non-hydrogen) atoms. The van der Waals surface area contributed by atoms with Gasteiger partial charge in [-0.05, 0) is 13.3 Å². The van der Waals surface area contributed by atoms with Crippen LogP contribution in [0.1, 0.15) is 13.3 Å². The minimum Gasteiger partial charge on any atom is -0.462 e. The van der Waals surface area contributed by atoms with E-state index in [1.165, 1.54) is 0 Å². The Morgan fingerprint density at radius 1 is 1.67 bits per heavy atom. The third-order valence-electron chi connectivity index (χ3n) is 1.04. The minimum absolute atomic E-state index is 0.128. The van der Waals surface area contributed by atoms with Crippen molar-refractivity contribution in [2.45, 2.75) is 13.3 Å². The lowest BCUT2D eigenvalue weighted by molar-refractivity contribution is -0.138. The van der Waals surface area contributed by atoms with E-state index < -0.39 is 17.0 Å². The highest BCUT2D eigenvalue weighted by molar-refractivity contribution is 7.79. The second kappa shape index (κ2) is 5.91. The molecule has 0 radical (unpaired) electrons. The van der Waals surface area contributed by atoms with Crippen LogP contribution in [0, 0.1) is 0 Å². The van der Waals surface area contributed by atoms with Crippen LogP contribution in [0.3, 0.4) is 0 Å². The number of hydrogen-bond acceptors (Lipinski definition) is 3. The summed E-state index contributed by atoms with van der Waals surface area (Å²) < 4.78 is 23.1. The first-order chi connectivity index (χ1) is 5.54. The van der Waals surface area contributed by atoms with E-state index in [0.29, 0.717) is 12.0 Å². The Morgan fingerprint density at radius 3 is 2.67 bits per heavy atom. The third kappa shape index (κ3) is 6.06. The van der Waals surface area contributed by atoms with E-state index >= 15 is 0 Å². The number of rotatable bonds is 5. The number of esters is 1. The molecule has 0 amide bonds. The summed E-state index contributed by atoms with van der Waals surface area (Å²) in [6.07, 6.45) is 0.391. The standard InChI is InChI=1S/C7H12O4S/c1-6(2)7(8)11-4-3-5-12(9)10/h1,3-5H2,2H3,(H,9,10). The normalized spacial score (nSPS) is 12.2. The van der Waals surface area contributed by atoms with Crippen LogP contribution in [0.5, 0.6) is 0 Å². The molecule has 0 aromatic heterocycles. The predicted octanol–water partition coefficient (Wildman–Crippen LogP) is 0.718. The fraction of sp³-hybridized carbons (Fsp3) is 0.571. The lowest BCUT2D eigenvalue weighted by Gasteiger charge is -2.01. The van der Waals surface area contributed by atoms with E-state index in [9.17, 15) is 9.00 Å². The fourth-order valence-electron chi connectivity index (χ4n) is 0.470. The molecule has 70 valence electrons. The molecule has 4 nitrogen and oxygen atoms in total. The van der Waals surface area contributed by atoms with Gasteiger partial charge in [0, 0.05) is 5.57 Å². The molecule has 0 spiro atoms. The first-order valence-corrected chi connectivity index (χ1v) is 4.71. The van der Waals surface area contributed by atoms with E-state index in [2.05, 4.69) is 11.3 Å². The zero-order chi connectivity index (χ0) is 9.56. The Morgan fingerprint density at radius 2 is 2.25 bits per heavy atom. The Bertz CT molecular complexity index is 200. The van der Waals surface area contributed by atoms with Gasteiger partial charge in [0.15, 0.2) is 11.1 Å². The lowest BCUT2D eigenvalue weighted by Crippen LogP contribution is -2.08. The topological polar surface area (TPSA) is 63.6 Å². The van der Waals surface area contributed by atoms with E-state index in [1.54, 1.807) is 6.92 Å². The highest BCUT2D eigenvalue weighted by Crippen LogP contribution is 1.93. The maximum atomic E-state index is 10.7. The molecule has 5 heteroatoms. The summed E-state index contributed by atoms with van der Waals surface area (Å²) in [6, 6.07) is 0. The summed E-state index contributed by atoms with van der Waals surface area (Å²) in [7, 11) is 0. The minimum atomic E-state index is -1.80. The first kappa shape index (κ1) is 11.3. The quantitative estimate of drug-likeness (QED) is 0.302. The van der Waals surface area contributed by atoms with Crippen molar-refractivity contribution < 1.29 is 18.3 Å². The summed E-state index contributed by atoms with van der Waals surface area (Å²) in [5.41, 5.74) is 0.333. The Kier molecular flexibility index (Phi) is 5.57. The van der Waals surface area contributed by atoms with E-state index in [0.717, 1.165) is 0 Å². The molecule has 0 fully saturated rings. The maximum absolute atomic E-state index is 10.7. The lowest BCUT2D eigenvalue weighted by atomic mass is 10.4. The Balaban J connectivity index is 3.38. The van der Waals surface area contributed by atoms with Crippen molar-refractivity contribution in [2.24, 2.45) is 0 Å². The zero-order valence-electron chi connectivity index (χ0n) is 6.91. The first-order valence-electron chi connectivity index (χ1n) is 3.44. The number of hydrogen-bond donors (Lipinski definition) is 1. The molecule has 1 unspecified atom stereocenters. The van der Waals surface area contributed by atoms with Gasteiger partial charge in [-0.15, -0.1) is 0 Å². The predicted molar refractivity (Wildman–Crippen MR) is 46.0 cm³/mol. The molecule has 0 saturated carbocycles. The third-order valence-corrected chi connectivity index (χ3v) is 1.68. The van der Waals surface area contributed by atoms with Crippen LogP contribution in [0.4, 0.5) is 0 Å². The molecule has 0 aromatic carbocycles. The van der Waals surface area contributed by atoms with Crippen molar-refractivity contribution in [3.05, 3.63) is 12.2 Å². The van der Waals surface area contributed by atoms with Crippen LogP contribution < -0.4 is 0 Å². The van der Waals surface area contributed by atoms with Gasteiger partial charge in [0.25, 0.3) is 0 Å². The molecule has 0 aliphatic rings. The number of carbonyl (C=O) groups excluding carboxylic acids is 1. The highest BCUT2D eigenvalue weighted by atomic mass is 32.2. The molecule has 0 bridgehead atoms. The molecule has 1 N–H and O–H groups in total. The smallest absolute Gasteiger partial charge is 0.333 e. The fourth-order valence-corrected chi connectivity index (χ4v) is 0.835. The largest absolute Gasteiger partial charge is 0.462 e. The van der Waals surface area contributed by atoms with Gasteiger partial charge < -0.3 is 9.29 Å². The molecular weight excluding hydrogens is 180 g/mol. The Labute approximate surface area is 73.9 Å². The summed E-state index contributed by atoms with van der Waals surface area (Å²) in [5.74, 6) is -0.331. The van der Waals surface area contributed by atoms with Crippen molar-refractivity contribution in [1.82, 2.24) is 0 Å². The van der Waals surface area contributed by atoms with Crippen molar-refractivity contribution in [1.29, 1.82) is 0 Å². The van der Waals surface area contributed by atoms with Crippen LogP contribution in [-0.2, 0) is 20.6 Å². The Hall–Kier alpha value is -0.680. The van der Waals surface area contributed by atoms with Crippen LogP contribution in [0.25, 0.3) is 0 Å². The zero-order valence-corrected chi connectivity index (χ0v) is 7.73. The molecular formula is C7H12O4S. The summed E-state index contributed by atoms with van der Waals surface area (Å²) in [6.45, 7) is 5.10. The van der Waals surface area contributed by atoms with E-state index in [1.807, 2.05) is 0 Å². The van der Waals surface area contributed by atoms with Gasteiger partial charge in [0.1, 0.15) is 0 Å². The SMILES string of the molecule is C=C(C)C(=O)OCCCS(=O)O. The van der Waals surface area contributed by atoms with Crippen molar-refractivity contribution in [3.63, 3.8) is 0 Å². The maximum Gasteiger partial charge on any atom is 0.333 e.